The zero-order chi connectivity index (χ0) is 12.8. The SMILES string of the molecule is NCCc1nc(C(=O)N[C@@H](CO)C(=O)O)cs1. The predicted molar refractivity (Wildman–Crippen MR) is 60.8 cm³/mol. The molecule has 1 aromatic heterocycles. The van der Waals surface area contributed by atoms with Crippen LogP contribution >= 0.6 is 11.3 Å². The van der Waals surface area contributed by atoms with E-state index >= 15 is 0 Å². The minimum Gasteiger partial charge on any atom is -0.480 e. The van der Waals surface area contributed by atoms with Crippen molar-refractivity contribution in [3.63, 3.8) is 0 Å². The summed E-state index contributed by atoms with van der Waals surface area (Å²) < 4.78 is 0. The number of nitrogens with zero attached hydrogens (tertiary/aromatic N) is 1. The molecule has 5 N–H and O–H groups in total. The maximum absolute atomic E-state index is 11.6. The Hall–Kier alpha value is -1.51. The van der Waals surface area contributed by atoms with E-state index < -0.39 is 24.5 Å². The molecule has 8 heteroatoms. The molecule has 1 atom stereocenters. The van der Waals surface area contributed by atoms with Crippen LogP contribution < -0.4 is 11.1 Å². The number of carboxylic acid groups (broad SMARTS) is 1. The summed E-state index contributed by atoms with van der Waals surface area (Å²) in [6.45, 7) is -0.232. The summed E-state index contributed by atoms with van der Waals surface area (Å²) in [6, 6.07) is -1.32. The lowest BCUT2D eigenvalue weighted by molar-refractivity contribution is -0.140. The number of aromatic nitrogens is 1. The summed E-state index contributed by atoms with van der Waals surface area (Å²) in [4.78, 5) is 26.2. The van der Waals surface area contributed by atoms with Crippen molar-refractivity contribution in [2.24, 2.45) is 5.73 Å². The second-order valence-corrected chi connectivity index (χ2v) is 4.15. The van der Waals surface area contributed by atoms with Gasteiger partial charge >= 0.3 is 5.97 Å². The Morgan fingerprint density at radius 1 is 1.59 bits per heavy atom. The molecule has 0 saturated carbocycles. The second kappa shape index (κ2) is 6.28. The molecular weight excluding hydrogens is 246 g/mol. The highest BCUT2D eigenvalue weighted by Gasteiger charge is 2.20. The number of aliphatic hydroxyl groups excluding tert-OH is 1. The van der Waals surface area contributed by atoms with Gasteiger partial charge in [0.1, 0.15) is 5.69 Å². The van der Waals surface area contributed by atoms with Crippen molar-refractivity contribution >= 4 is 23.2 Å². The summed E-state index contributed by atoms with van der Waals surface area (Å²) in [5.41, 5.74) is 5.48. The van der Waals surface area contributed by atoms with Gasteiger partial charge in [-0.3, -0.25) is 4.79 Å². The molecule has 94 valence electrons. The van der Waals surface area contributed by atoms with Crippen molar-refractivity contribution in [1.82, 2.24) is 10.3 Å². The third-order valence-corrected chi connectivity index (χ3v) is 2.84. The lowest BCUT2D eigenvalue weighted by Gasteiger charge is -2.09. The maximum atomic E-state index is 11.6. The van der Waals surface area contributed by atoms with Gasteiger partial charge < -0.3 is 21.3 Å². The Morgan fingerprint density at radius 2 is 2.29 bits per heavy atom. The molecule has 0 saturated heterocycles. The van der Waals surface area contributed by atoms with Crippen LogP contribution in [0.15, 0.2) is 5.38 Å². The number of hydrogen-bond donors (Lipinski definition) is 4. The van der Waals surface area contributed by atoms with Crippen LogP contribution in [-0.2, 0) is 11.2 Å². The fraction of sp³-hybridized carbons (Fsp3) is 0.444. The number of thiazole rings is 1. The Bertz CT molecular complexity index is 407. The van der Waals surface area contributed by atoms with E-state index in [1.165, 1.54) is 16.7 Å². The van der Waals surface area contributed by atoms with Crippen molar-refractivity contribution in [2.45, 2.75) is 12.5 Å². The summed E-state index contributed by atoms with van der Waals surface area (Å²) in [6.07, 6.45) is 0.570. The number of carboxylic acids is 1. The number of amides is 1. The van der Waals surface area contributed by atoms with Gasteiger partial charge in [-0.25, -0.2) is 9.78 Å². The lowest BCUT2D eigenvalue weighted by Crippen LogP contribution is -2.43. The van der Waals surface area contributed by atoms with E-state index in [-0.39, 0.29) is 5.69 Å². The molecule has 0 aromatic carbocycles. The Balaban J connectivity index is 2.65. The molecule has 0 fully saturated rings. The Morgan fingerprint density at radius 3 is 2.82 bits per heavy atom. The standard InChI is InChI=1S/C9H13N3O4S/c10-2-1-7-11-6(4-17-7)8(14)12-5(3-13)9(15)16/h4-5,13H,1-3,10H2,(H,12,14)(H,15,16)/t5-/m0/s1. The first-order valence-electron chi connectivity index (χ1n) is 4.87. The summed E-state index contributed by atoms with van der Waals surface area (Å²) in [5.74, 6) is -1.91. The van der Waals surface area contributed by atoms with Crippen molar-refractivity contribution in [3.05, 3.63) is 16.1 Å². The van der Waals surface area contributed by atoms with Crippen molar-refractivity contribution in [2.75, 3.05) is 13.2 Å². The van der Waals surface area contributed by atoms with Crippen LogP contribution in [-0.4, -0.2) is 46.3 Å². The summed E-state index contributed by atoms with van der Waals surface area (Å²) in [5, 5.41) is 21.8. The molecule has 1 heterocycles. The second-order valence-electron chi connectivity index (χ2n) is 3.21. The van der Waals surface area contributed by atoms with Crippen LogP contribution in [0.25, 0.3) is 0 Å². The number of carbonyl (C=O) groups is 2. The largest absolute Gasteiger partial charge is 0.480 e. The summed E-state index contributed by atoms with van der Waals surface area (Å²) >= 11 is 1.28. The monoisotopic (exact) mass is 259 g/mol. The molecule has 1 rings (SSSR count). The first-order chi connectivity index (χ1) is 8.08. The van der Waals surface area contributed by atoms with E-state index in [1.54, 1.807) is 0 Å². The van der Waals surface area contributed by atoms with Crippen LogP contribution in [0.5, 0.6) is 0 Å². The smallest absolute Gasteiger partial charge is 0.328 e. The Kier molecular flexibility index (Phi) is 5.01. The molecule has 1 aromatic rings. The zero-order valence-corrected chi connectivity index (χ0v) is 9.74. The number of hydrogen-bond acceptors (Lipinski definition) is 6. The lowest BCUT2D eigenvalue weighted by atomic mass is 10.3. The van der Waals surface area contributed by atoms with Crippen LogP contribution in [0.2, 0.25) is 0 Å². The van der Waals surface area contributed by atoms with Gasteiger partial charge in [-0.15, -0.1) is 11.3 Å². The quantitative estimate of drug-likeness (QED) is 0.509. The molecule has 0 bridgehead atoms. The van der Waals surface area contributed by atoms with Crippen molar-refractivity contribution < 1.29 is 19.8 Å². The van der Waals surface area contributed by atoms with Gasteiger partial charge in [0.25, 0.3) is 5.91 Å². The number of aliphatic carboxylic acids is 1. The number of nitrogens with one attached hydrogen (secondary N) is 1. The molecule has 1 amide bonds. The third kappa shape index (κ3) is 3.77. The van der Waals surface area contributed by atoms with Gasteiger partial charge in [0.05, 0.1) is 11.6 Å². The number of carbonyl (C=O) groups excluding carboxylic acids is 1. The highest BCUT2D eigenvalue weighted by molar-refractivity contribution is 7.09. The maximum Gasteiger partial charge on any atom is 0.328 e. The molecule has 0 aliphatic rings. The minimum absolute atomic E-state index is 0.137. The number of aliphatic hydroxyl groups is 1. The molecule has 17 heavy (non-hydrogen) atoms. The van der Waals surface area contributed by atoms with Gasteiger partial charge in [-0.05, 0) is 6.54 Å². The van der Waals surface area contributed by atoms with Gasteiger partial charge in [-0.1, -0.05) is 0 Å². The topological polar surface area (TPSA) is 126 Å². The van der Waals surface area contributed by atoms with Gasteiger partial charge in [0.15, 0.2) is 6.04 Å². The van der Waals surface area contributed by atoms with Crippen LogP contribution in [0.1, 0.15) is 15.5 Å². The number of rotatable bonds is 6. The molecule has 0 aliphatic carbocycles. The molecule has 7 nitrogen and oxygen atoms in total. The molecule has 0 aliphatic heterocycles. The van der Waals surface area contributed by atoms with E-state index in [0.29, 0.717) is 18.0 Å². The number of nitrogens with two attached hydrogens (primary N) is 1. The van der Waals surface area contributed by atoms with E-state index in [9.17, 15) is 9.59 Å². The van der Waals surface area contributed by atoms with Gasteiger partial charge in [-0.2, -0.15) is 0 Å². The fourth-order valence-corrected chi connectivity index (χ4v) is 1.87. The molecular formula is C9H13N3O4S. The highest BCUT2D eigenvalue weighted by atomic mass is 32.1. The molecule has 0 radical (unpaired) electrons. The predicted octanol–water partition coefficient (Wildman–Crippen LogP) is -1.18. The highest BCUT2D eigenvalue weighted by Crippen LogP contribution is 2.10. The third-order valence-electron chi connectivity index (χ3n) is 1.93. The van der Waals surface area contributed by atoms with Crippen molar-refractivity contribution in [1.29, 1.82) is 0 Å². The average Bonchev–Trinajstić information content (AvgIpc) is 2.74. The van der Waals surface area contributed by atoms with Gasteiger partial charge in [0, 0.05) is 11.8 Å². The average molecular weight is 259 g/mol. The summed E-state index contributed by atoms with van der Waals surface area (Å²) in [7, 11) is 0. The van der Waals surface area contributed by atoms with E-state index in [4.69, 9.17) is 15.9 Å². The molecule has 0 unspecified atom stereocenters. The van der Waals surface area contributed by atoms with Crippen LogP contribution in [0, 0.1) is 0 Å². The fourth-order valence-electron chi connectivity index (χ4n) is 1.07. The first kappa shape index (κ1) is 13.6. The van der Waals surface area contributed by atoms with Crippen molar-refractivity contribution in [3.8, 4) is 0 Å². The van der Waals surface area contributed by atoms with Crippen LogP contribution in [0.3, 0.4) is 0 Å². The minimum atomic E-state index is -1.32. The zero-order valence-electron chi connectivity index (χ0n) is 8.92. The van der Waals surface area contributed by atoms with E-state index in [1.807, 2.05) is 0 Å². The normalized spacial score (nSPS) is 12.1. The molecule has 0 spiro atoms. The Labute approximate surface area is 101 Å². The van der Waals surface area contributed by atoms with E-state index in [0.717, 1.165) is 0 Å². The first-order valence-corrected chi connectivity index (χ1v) is 5.75. The van der Waals surface area contributed by atoms with Gasteiger partial charge in [0.2, 0.25) is 0 Å². The van der Waals surface area contributed by atoms with Crippen LogP contribution in [0.4, 0.5) is 0 Å². The van der Waals surface area contributed by atoms with E-state index in [2.05, 4.69) is 10.3 Å².